The topological polar surface area (TPSA) is 86.7 Å². The van der Waals surface area contributed by atoms with Gasteiger partial charge in [-0.25, -0.2) is 9.59 Å². The van der Waals surface area contributed by atoms with E-state index < -0.39 is 45.4 Å². The standard InChI is InChI=1S/C20H32O6S4/c1-2-3-4-5-6-7-8-9-10-11-12-14(16(22)26-18(24)20(29)30)13-15(21)25-17(23)19(27)28/h10-11,14,19-20,27-30H,2-9,12-13H2,1H3. The van der Waals surface area contributed by atoms with Gasteiger partial charge in [-0.2, -0.15) is 50.5 Å². The summed E-state index contributed by atoms with van der Waals surface area (Å²) in [6.45, 7) is 2.19. The predicted octanol–water partition coefficient (Wildman–Crippen LogP) is 4.59. The Morgan fingerprint density at radius 3 is 1.83 bits per heavy atom. The van der Waals surface area contributed by atoms with Crippen molar-refractivity contribution in [3.8, 4) is 0 Å². The van der Waals surface area contributed by atoms with Gasteiger partial charge in [0.25, 0.3) is 0 Å². The Morgan fingerprint density at radius 1 is 0.733 bits per heavy atom. The summed E-state index contributed by atoms with van der Waals surface area (Å²) < 4.78 is 7.10. The third-order valence-electron chi connectivity index (χ3n) is 4.15. The summed E-state index contributed by atoms with van der Waals surface area (Å²) in [7, 11) is 0. The molecule has 0 saturated heterocycles. The molecule has 172 valence electrons. The van der Waals surface area contributed by atoms with Crippen LogP contribution in [0, 0.1) is 5.92 Å². The number of ether oxygens (including phenoxy) is 2. The molecular weight excluding hydrogens is 464 g/mol. The highest BCUT2D eigenvalue weighted by molar-refractivity contribution is 8.00. The van der Waals surface area contributed by atoms with E-state index in [1.165, 1.54) is 32.1 Å². The van der Waals surface area contributed by atoms with Gasteiger partial charge in [-0.3, -0.25) is 9.59 Å². The number of carbonyl (C=O) groups excluding carboxylic acids is 4. The molecule has 0 fully saturated rings. The summed E-state index contributed by atoms with van der Waals surface area (Å²) >= 11 is 15.1. The van der Waals surface area contributed by atoms with Crippen LogP contribution in [0.2, 0.25) is 0 Å². The van der Waals surface area contributed by atoms with Crippen LogP contribution in [0.5, 0.6) is 0 Å². The Balaban J connectivity index is 4.58. The lowest BCUT2D eigenvalue weighted by Crippen LogP contribution is -2.27. The van der Waals surface area contributed by atoms with Gasteiger partial charge in [0.1, 0.15) is 9.16 Å². The number of thiol groups is 4. The summed E-state index contributed by atoms with van der Waals surface area (Å²) in [5.74, 6) is -4.66. The van der Waals surface area contributed by atoms with Crippen LogP contribution < -0.4 is 0 Å². The molecule has 0 N–H and O–H groups in total. The second-order valence-corrected chi connectivity index (χ2v) is 9.68. The van der Waals surface area contributed by atoms with Crippen LogP contribution in [0.15, 0.2) is 12.2 Å². The first kappa shape index (κ1) is 29.4. The van der Waals surface area contributed by atoms with E-state index in [1.54, 1.807) is 6.08 Å². The van der Waals surface area contributed by atoms with E-state index in [-0.39, 0.29) is 6.42 Å². The minimum absolute atomic E-state index is 0.168. The summed E-state index contributed by atoms with van der Waals surface area (Å²) in [5.41, 5.74) is 0. The average Bonchev–Trinajstić information content (AvgIpc) is 2.67. The fourth-order valence-electron chi connectivity index (χ4n) is 2.50. The van der Waals surface area contributed by atoms with Crippen molar-refractivity contribution in [2.45, 2.75) is 80.3 Å². The van der Waals surface area contributed by atoms with Gasteiger partial charge in [-0.05, 0) is 19.3 Å². The minimum atomic E-state index is -1.08. The number of carbonyl (C=O) groups is 4. The molecule has 0 aromatic rings. The van der Waals surface area contributed by atoms with Gasteiger partial charge in [0.15, 0.2) is 0 Å². The van der Waals surface area contributed by atoms with E-state index in [1.807, 2.05) is 6.08 Å². The van der Waals surface area contributed by atoms with Gasteiger partial charge in [-0.15, -0.1) is 0 Å². The van der Waals surface area contributed by atoms with Gasteiger partial charge in [-0.1, -0.05) is 57.6 Å². The quantitative estimate of drug-likeness (QED) is 0.0663. The van der Waals surface area contributed by atoms with Gasteiger partial charge in [0, 0.05) is 0 Å². The van der Waals surface area contributed by atoms with E-state index in [4.69, 9.17) is 0 Å². The molecule has 0 spiro atoms. The third kappa shape index (κ3) is 15.3. The van der Waals surface area contributed by atoms with Crippen molar-refractivity contribution < 1.29 is 28.7 Å². The smallest absolute Gasteiger partial charge is 0.336 e. The van der Waals surface area contributed by atoms with Gasteiger partial charge in [0.2, 0.25) is 0 Å². The van der Waals surface area contributed by atoms with E-state index in [0.29, 0.717) is 0 Å². The van der Waals surface area contributed by atoms with E-state index in [0.717, 1.165) is 19.3 Å². The zero-order valence-corrected chi connectivity index (χ0v) is 20.8. The highest BCUT2D eigenvalue weighted by Gasteiger charge is 2.28. The zero-order chi connectivity index (χ0) is 22.9. The molecule has 0 aliphatic heterocycles. The maximum atomic E-state index is 12.2. The molecule has 0 aromatic heterocycles. The molecule has 0 bridgehead atoms. The zero-order valence-electron chi connectivity index (χ0n) is 17.2. The Morgan fingerprint density at radius 2 is 1.27 bits per heavy atom. The average molecular weight is 497 g/mol. The van der Waals surface area contributed by atoms with Crippen molar-refractivity contribution in [1.29, 1.82) is 0 Å². The highest BCUT2D eigenvalue weighted by atomic mass is 32.2. The molecule has 0 aliphatic rings. The normalized spacial score (nSPS) is 12.4. The van der Waals surface area contributed by atoms with E-state index in [9.17, 15) is 19.2 Å². The molecule has 0 saturated carbocycles. The molecule has 1 unspecified atom stereocenters. The maximum absolute atomic E-state index is 12.2. The molecule has 0 heterocycles. The van der Waals surface area contributed by atoms with Crippen molar-refractivity contribution >= 4 is 74.4 Å². The number of hydrogen-bond donors (Lipinski definition) is 4. The molecule has 0 aromatic carbocycles. The van der Waals surface area contributed by atoms with Crippen LogP contribution in [0.3, 0.4) is 0 Å². The van der Waals surface area contributed by atoms with Crippen LogP contribution in [0.1, 0.15) is 71.1 Å². The minimum Gasteiger partial charge on any atom is -0.392 e. The predicted molar refractivity (Wildman–Crippen MR) is 130 cm³/mol. The monoisotopic (exact) mass is 496 g/mol. The van der Waals surface area contributed by atoms with Crippen molar-refractivity contribution in [3.63, 3.8) is 0 Å². The number of unbranched alkanes of at least 4 members (excludes halogenated alkanes) is 7. The third-order valence-corrected chi connectivity index (χ3v) is 4.99. The number of esters is 4. The maximum Gasteiger partial charge on any atom is 0.336 e. The summed E-state index contributed by atoms with van der Waals surface area (Å²) in [5, 5.41) is 0. The SMILES string of the molecule is CCCCCCCCCC=CCC(CC(=O)OC(=O)C(S)S)C(=O)OC(=O)C(S)S. The fraction of sp³-hybridized carbons (Fsp3) is 0.700. The summed E-state index contributed by atoms with van der Waals surface area (Å²) in [6, 6.07) is 0. The van der Waals surface area contributed by atoms with Crippen LogP contribution in [0.25, 0.3) is 0 Å². The molecular formula is C20H32O6S4. The molecule has 0 rings (SSSR count). The molecule has 0 radical (unpaired) electrons. The lowest BCUT2D eigenvalue weighted by atomic mass is 10.0. The molecule has 0 aliphatic carbocycles. The van der Waals surface area contributed by atoms with Crippen molar-refractivity contribution in [1.82, 2.24) is 0 Å². The van der Waals surface area contributed by atoms with Crippen LogP contribution in [-0.2, 0) is 28.7 Å². The molecule has 0 amide bonds. The Labute approximate surface area is 200 Å². The second-order valence-electron chi connectivity index (χ2n) is 6.80. The van der Waals surface area contributed by atoms with Crippen molar-refractivity contribution in [2.24, 2.45) is 5.92 Å². The second kappa shape index (κ2) is 18.0. The van der Waals surface area contributed by atoms with Crippen molar-refractivity contribution in [3.05, 3.63) is 12.2 Å². The van der Waals surface area contributed by atoms with Crippen LogP contribution in [-0.4, -0.2) is 33.0 Å². The lowest BCUT2D eigenvalue weighted by Gasteiger charge is -2.13. The number of hydrogen-bond acceptors (Lipinski definition) is 10. The van der Waals surface area contributed by atoms with Gasteiger partial charge in [0.05, 0.1) is 12.3 Å². The van der Waals surface area contributed by atoms with Crippen LogP contribution in [0.4, 0.5) is 0 Å². The first-order valence-electron chi connectivity index (χ1n) is 10.1. The van der Waals surface area contributed by atoms with E-state index in [2.05, 4.69) is 66.9 Å². The lowest BCUT2D eigenvalue weighted by molar-refractivity contribution is -0.166. The molecule has 1 atom stereocenters. The largest absolute Gasteiger partial charge is 0.392 e. The number of allylic oxidation sites excluding steroid dienone is 2. The Hall–Kier alpha value is -0.580. The summed E-state index contributed by atoms with van der Waals surface area (Å²) in [4.78, 5) is 47.1. The molecule has 30 heavy (non-hydrogen) atoms. The first-order chi connectivity index (χ1) is 14.2. The highest BCUT2D eigenvalue weighted by Crippen LogP contribution is 2.17. The van der Waals surface area contributed by atoms with Crippen molar-refractivity contribution in [2.75, 3.05) is 0 Å². The fourth-order valence-corrected chi connectivity index (χ4v) is 2.71. The summed E-state index contributed by atoms with van der Waals surface area (Å²) in [6.07, 6.45) is 12.7. The Kier molecular flexibility index (Phi) is 17.7. The first-order valence-corrected chi connectivity index (χ1v) is 12.1. The van der Waals surface area contributed by atoms with Gasteiger partial charge < -0.3 is 9.47 Å². The Bertz CT molecular complexity index is 578. The van der Waals surface area contributed by atoms with Crippen LogP contribution >= 0.6 is 50.5 Å². The van der Waals surface area contributed by atoms with Gasteiger partial charge >= 0.3 is 23.9 Å². The van der Waals surface area contributed by atoms with E-state index >= 15 is 0 Å². The number of rotatable bonds is 15. The molecule has 6 nitrogen and oxygen atoms in total. The molecule has 10 heteroatoms.